The first-order valence-corrected chi connectivity index (χ1v) is 9.46. The zero-order valence-corrected chi connectivity index (χ0v) is 15.9. The molecule has 0 unspecified atom stereocenters. The maximum atomic E-state index is 11.8. The van der Waals surface area contributed by atoms with Crippen molar-refractivity contribution >= 4 is 5.97 Å². The molecule has 7 heteroatoms. The molecule has 0 aliphatic heterocycles. The number of nitrogens with two attached hydrogens (primary N) is 1. The van der Waals surface area contributed by atoms with Gasteiger partial charge in [0.2, 0.25) is 0 Å². The first-order valence-electron chi connectivity index (χ1n) is 9.46. The topological polar surface area (TPSA) is 118 Å². The van der Waals surface area contributed by atoms with Crippen molar-refractivity contribution in [3.8, 4) is 11.1 Å². The number of carboxylic acids is 1. The number of hydrogen-bond donors (Lipinski definition) is 3. The monoisotopic (exact) mass is 379 g/mol. The van der Waals surface area contributed by atoms with Gasteiger partial charge in [-0.1, -0.05) is 67.1 Å². The van der Waals surface area contributed by atoms with Crippen LogP contribution in [0, 0.1) is 5.92 Å². The number of aromatic nitrogens is 4. The zero-order chi connectivity index (χ0) is 19.9. The highest BCUT2D eigenvalue weighted by Gasteiger charge is 2.31. The number of aromatic amines is 1. The Morgan fingerprint density at radius 1 is 1.07 bits per heavy atom. The second kappa shape index (κ2) is 9.23. The fraction of sp³-hybridized carbons (Fsp3) is 0.333. The third-order valence-corrected chi connectivity index (χ3v) is 5.03. The van der Waals surface area contributed by atoms with E-state index in [2.05, 4.69) is 44.9 Å². The van der Waals surface area contributed by atoms with Gasteiger partial charge in [0.05, 0.1) is 5.92 Å². The molecule has 3 aromatic rings. The summed E-state index contributed by atoms with van der Waals surface area (Å²) < 4.78 is 0. The molecule has 3 rings (SSSR count). The molecule has 0 amide bonds. The standard InChI is InChI=1S/C21H25N5O2/c1-2-3-18(21(27)28)19(20-23-25-26-24-20)12-14-4-8-16(9-5-14)17-10-6-15(13-22)7-11-17/h4-11,18-19H,2-3,12-13,22H2,1H3,(H,27,28)(H,23,24,25,26)/t18-,19-/m0/s1. The molecule has 146 valence electrons. The molecule has 2 aromatic carbocycles. The van der Waals surface area contributed by atoms with E-state index in [1.165, 1.54) is 0 Å². The van der Waals surface area contributed by atoms with Crippen LogP contribution in [0.4, 0.5) is 0 Å². The van der Waals surface area contributed by atoms with E-state index in [4.69, 9.17) is 5.73 Å². The van der Waals surface area contributed by atoms with E-state index in [0.29, 0.717) is 25.2 Å². The minimum Gasteiger partial charge on any atom is -0.481 e. The van der Waals surface area contributed by atoms with Crippen molar-refractivity contribution in [3.05, 3.63) is 65.5 Å². The molecule has 0 fully saturated rings. The maximum Gasteiger partial charge on any atom is 0.307 e. The predicted octanol–water partition coefficient (Wildman–Crippen LogP) is 3.15. The largest absolute Gasteiger partial charge is 0.481 e. The summed E-state index contributed by atoms with van der Waals surface area (Å²) in [5.41, 5.74) is 10.0. The molecule has 1 aromatic heterocycles. The fourth-order valence-electron chi connectivity index (χ4n) is 3.47. The minimum absolute atomic E-state index is 0.328. The number of H-pyrrole nitrogens is 1. The van der Waals surface area contributed by atoms with E-state index in [0.717, 1.165) is 28.7 Å². The van der Waals surface area contributed by atoms with Crippen molar-refractivity contribution < 1.29 is 9.90 Å². The number of benzene rings is 2. The number of carbonyl (C=O) groups is 1. The summed E-state index contributed by atoms with van der Waals surface area (Å²) in [6, 6.07) is 16.3. The molecule has 0 saturated heterocycles. The predicted molar refractivity (Wildman–Crippen MR) is 106 cm³/mol. The van der Waals surface area contributed by atoms with Gasteiger partial charge in [0.15, 0.2) is 5.82 Å². The number of nitrogens with one attached hydrogen (secondary N) is 1. The molecule has 28 heavy (non-hydrogen) atoms. The van der Waals surface area contributed by atoms with Crippen molar-refractivity contribution in [2.75, 3.05) is 0 Å². The van der Waals surface area contributed by atoms with Gasteiger partial charge in [0, 0.05) is 12.5 Å². The molecule has 0 saturated carbocycles. The van der Waals surface area contributed by atoms with Crippen LogP contribution in [-0.2, 0) is 17.8 Å². The van der Waals surface area contributed by atoms with Crippen LogP contribution in [0.1, 0.15) is 42.6 Å². The molecular weight excluding hydrogens is 354 g/mol. The molecule has 1 heterocycles. The van der Waals surface area contributed by atoms with Gasteiger partial charge in [-0.2, -0.15) is 5.21 Å². The van der Waals surface area contributed by atoms with E-state index in [-0.39, 0.29) is 5.92 Å². The van der Waals surface area contributed by atoms with Gasteiger partial charge in [-0.25, -0.2) is 0 Å². The lowest BCUT2D eigenvalue weighted by molar-refractivity contribution is -0.142. The normalized spacial score (nSPS) is 13.2. The average molecular weight is 379 g/mol. The molecular formula is C21H25N5O2. The van der Waals surface area contributed by atoms with Crippen LogP contribution in [-0.4, -0.2) is 31.7 Å². The van der Waals surface area contributed by atoms with Crippen molar-refractivity contribution in [2.45, 2.75) is 38.6 Å². The molecule has 0 aliphatic carbocycles. The SMILES string of the molecule is CCC[C@H](C(=O)O)[C@H](Cc1ccc(-c2ccc(CN)cc2)cc1)c1nn[nH]n1. The van der Waals surface area contributed by atoms with Crippen molar-refractivity contribution in [3.63, 3.8) is 0 Å². The van der Waals surface area contributed by atoms with Crippen LogP contribution in [0.15, 0.2) is 48.5 Å². The number of hydrogen-bond acceptors (Lipinski definition) is 5. The summed E-state index contributed by atoms with van der Waals surface area (Å²) in [6.07, 6.45) is 1.89. The quantitative estimate of drug-likeness (QED) is 0.526. The van der Waals surface area contributed by atoms with E-state index < -0.39 is 11.9 Å². The lowest BCUT2D eigenvalue weighted by atomic mass is 9.83. The third kappa shape index (κ3) is 4.61. The Hall–Kier alpha value is -3.06. The molecule has 4 N–H and O–H groups in total. The van der Waals surface area contributed by atoms with Gasteiger partial charge in [0.25, 0.3) is 0 Å². The minimum atomic E-state index is -0.826. The van der Waals surface area contributed by atoms with Gasteiger partial charge in [-0.15, -0.1) is 10.2 Å². The number of rotatable bonds is 9. The van der Waals surface area contributed by atoms with E-state index in [1.54, 1.807) is 0 Å². The number of carboxylic acid groups (broad SMARTS) is 1. The molecule has 2 atom stereocenters. The lowest BCUT2D eigenvalue weighted by Crippen LogP contribution is -2.25. The van der Waals surface area contributed by atoms with Gasteiger partial charge in [-0.3, -0.25) is 4.79 Å². The second-order valence-corrected chi connectivity index (χ2v) is 6.91. The van der Waals surface area contributed by atoms with Crippen LogP contribution in [0.25, 0.3) is 11.1 Å². The third-order valence-electron chi connectivity index (χ3n) is 5.03. The second-order valence-electron chi connectivity index (χ2n) is 6.91. The first kappa shape index (κ1) is 19.7. The van der Waals surface area contributed by atoms with Crippen molar-refractivity contribution in [2.24, 2.45) is 11.7 Å². The Morgan fingerprint density at radius 2 is 1.68 bits per heavy atom. The maximum absolute atomic E-state index is 11.8. The van der Waals surface area contributed by atoms with Crippen LogP contribution >= 0.6 is 0 Å². The Labute approximate surface area is 164 Å². The summed E-state index contributed by atoms with van der Waals surface area (Å²) in [4.78, 5) is 11.8. The molecule has 0 aliphatic rings. The van der Waals surface area contributed by atoms with Gasteiger partial charge < -0.3 is 10.8 Å². The molecule has 0 spiro atoms. The highest BCUT2D eigenvalue weighted by Crippen LogP contribution is 2.30. The van der Waals surface area contributed by atoms with Gasteiger partial charge in [0.1, 0.15) is 0 Å². The van der Waals surface area contributed by atoms with Gasteiger partial charge in [-0.05, 0) is 35.1 Å². The summed E-state index contributed by atoms with van der Waals surface area (Å²) in [7, 11) is 0. The smallest absolute Gasteiger partial charge is 0.307 e. The highest BCUT2D eigenvalue weighted by molar-refractivity contribution is 5.71. The number of nitrogens with zero attached hydrogens (tertiary/aromatic N) is 3. The Balaban J connectivity index is 1.81. The van der Waals surface area contributed by atoms with Crippen LogP contribution in [0.3, 0.4) is 0 Å². The lowest BCUT2D eigenvalue weighted by Gasteiger charge is -2.21. The van der Waals surface area contributed by atoms with Crippen molar-refractivity contribution in [1.82, 2.24) is 20.6 Å². The number of aliphatic carboxylic acids is 1. The first-order chi connectivity index (χ1) is 13.6. The Kier molecular flexibility index (Phi) is 6.49. The molecule has 0 bridgehead atoms. The van der Waals surface area contributed by atoms with E-state index >= 15 is 0 Å². The Morgan fingerprint density at radius 3 is 2.14 bits per heavy atom. The van der Waals surface area contributed by atoms with Crippen LogP contribution in [0.2, 0.25) is 0 Å². The van der Waals surface area contributed by atoms with Crippen LogP contribution < -0.4 is 5.73 Å². The van der Waals surface area contributed by atoms with E-state index in [1.807, 2.05) is 31.2 Å². The van der Waals surface area contributed by atoms with Crippen molar-refractivity contribution in [1.29, 1.82) is 0 Å². The highest BCUT2D eigenvalue weighted by atomic mass is 16.4. The molecule has 0 radical (unpaired) electrons. The fourth-order valence-corrected chi connectivity index (χ4v) is 3.47. The average Bonchev–Trinajstić information content (AvgIpc) is 3.25. The molecule has 7 nitrogen and oxygen atoms in total. The van der Waals surface area contributed by atoms with Crippen LogP contribution in [0.5, 0.6) is 0 Å². The van der Waals surface area contributed by atoms with E-state index in [9.17, 15) is 9.90 Å². The summed E-state index contributed by atoms with van der Waals surface area (Å²) in [6.45, 7) is 2.51. The summed E-state index contributed by atoms with van der Waals surface area (Å²) in [5.74, 6) is -1.26. The summed E-state index contributed by atoms with van der Waals surface area (Å²) >= 11 is 0. The Bertz CT molecular complexity index is 876. The van der Waals surface area contributed by atoms with Gasteiger partial charge >= 0.3 is 5.97 Å². The zero-order valence-electron chi connectivity index (χ0n) is 15.9. The number of tetrazole rings is 1. The summed E-state index contributed by atoms with van der Waals surface area (Å²) in [5, 5.41) is 23.9.